The number of rotatable bonds is 13. The van der Waals surface area contributed by atoms with Gasteiger partial charge in [-0.25, -0.2) is 0 Å². The number of nitrogens with zero attached hydrogens (tertiary/aromatic N) is 1. The van der Waals surface area contributed by atoms with Crippen molar-refractivity contribution in [2.45, 2.75) is 35.2 Å². The van der Waals surface area contributed by atoms with Crippen molar-refractivity contribution in [3.05, 3.63) is 10.1 Å². The van der Waals surface area contributed by atoms with Gasteiger partial charge in [0, 0.05) is 20.3 Å². The Morgan fingerprint density at radius 1 is 1.04 bits per heavy atom. The molecule has 0 amide bonds. The van der Waals surface area contributed by atoms with E-state index in [0.717, 1.165) is 0 Å². The predicted molar refractivity (Wildman–Crippen MR) is 89.7 cm³/mol. The predicted octanol–water partition coefficient (Wildman–Crippen LogP) is 1.72. The van der Waals surface area contributed by atoms with Gasteiger partial charge in [0.1, 0.15) is 13.4 Å². The second kappa shape index (κ2) is 17.4. The van der Waals surface area contributed by atoms with Gasteiger partial charge in [-0.3, -0.25) is 0 Å². The lowest BCUT2D eigenvalue weighted by Crippen LogP contribution is -2.42. The van der Waals surface area contributed by atoms with Crippen molar-refractivity contribution >= 4 is 0 Å². The summed E-state index contributed by atoms with van der Waals surface area (Å²) >= 11 is 0. The fourth-order valence-corrected chi connectivity index (χ4v) is 1.60. The molecule has 0 saturated carbocycles. The summed E-state index contributed by atoms with van der Waals surface area (Å²) in [5, 5.41) is 9.47. The summed E-state index contributed by atoms with van der Waals surface area (Å²) in [4.78, 5) is 14.8. The van der Waals surface area contributed by atoms with Crippen molar-refractivity contribution in [1.29, 1.82) is 0 Å². The monoisotopic (exact) mass is 344 g/mol. The Bertz CT molecular complexity index is 260. The average Bonchev–Trinajstić information content (AvgIpc) is 2.36. The Balaban J connectivity index is -0.000000602. The van der Waals surface area contributed by atoms with Gasteiger partial charge in [-0.2, -0.15) is 0 Å². The highest BCUT2D eigenvalue weighted by Crippen LogP contribution is 2.20. The zero-order valence-electron chi connectivity index (χ0n) is 12.2. The van der Waals surface area contributed by atoms with E-state index in [1.807, 2.05) is 6.92 Å². The maximum atomic E-state index is 10.3. The molecular formula is C14H36N2O7. The highest BCUT2D eigenvalue weighted by atomic mass is 17.0. The molecule has 0 rings (SSSR count). The first-order valence-corrected chi connectivity index (χ1v) is 6.12. The van der Waals surface area contributed by atoms with Crippen molar-refractivity contribution < 1.29 is 28.9 Å². The van der Waals surface area contributed by atoms with Crippen LogP contribution in [0, 0.1) is 15.5 Å². The molecule has 0 aliphatic rings. The molecule has 0 saturated heterocycles. The summed E-state index contributed by atoms with van der Waals surface area (Å²) in [6, 6.07) is -0.0841. The molecule has 0 aromatic heterocycles. The van der Waals surface area contributed by atoms with Crippen LogP contribution in [-0.4, -0.2) is 65.2 Å². The van der Waals surface area contributed by atoms with Crippen molar-refractivity contribution in [2.24, 2.45) is 11.1 Å². The molecule has 0 aliphatic heterocycles. The maximum absolute atomic E-state index is 10.3. The van der Waals surface area contributed by atoms with Crippen LogP contribution in [0.1, 0.15) is 29.2 Å². The molecule has 144 valence electrons. The van der Waals surface area contributed by atoms with Crippen molar-refractivity contribution in [2.75, 3.05) is 54.0 Å². The molecule has 0 heterocycles. The Morgan fingerprint density at radius 3 is 1.96 bits per heavy atom. The normalized spacial score (nSPS) is 11.5. The van der Waals surface area contributed by atoms with Crippen molar-refractivity contribution in [1.82, 2.24) is 0 Å². The Kier molecular flexibility index (Phi) is 22.6. The van der Waals surface area contributed by atoms with Crippen LogP contribution < -0.4 is 5.73 Å². The van der Waals surface area contributed by atoms with Gasteiger partial charge in [-0.05, 0) is 6.92 Å². The molecule has 0 aliphatic carbocycles. The highest BCUT2D eigenvalue weighted by molar-refractivity contribution is 4.78. The lowest BCUT2D eigenvalue weighted by atomic mass is 9.92. The standard InChI is InChI=1S/C11H24N2O7.3CH4/c1-10(12)4-18-9-19-7-11(5-16-2,6-17-3)8-20-13(14)15;;;/h10H,4-9,12H2,1-3H3;3*1H4. The fourth-order valence-electron chi connectivity index (χ4n) is 1.60. The maximum Gasteiger partial charge on any atom is 0.294 e. The number of nitrogens with two attached hydrogens (primary N) is 1. The molecule has 23 heavy (non-hydrogen) atoms. The molecule has 0 spiro atoms. The molecule has 9 heteroatoms. The molecule has 0 bridgehead atoms. The summed E-state index contributed by atoms with van der Waals surface area (Å²) < 4.78 is 20.6. The van der Waals surface area contributed by atoms with Gasteiger partial charge in [0.25, 0.3) is 5.09 Å². The van der Waals surface area contributed by atoms with Crippen LogP contribution in [0.2, 0.25) is 0 Å². The van der Waals surface area contributed by atoms with E-state index >= 15 is 0 Å². The summed E-state index contributed by atoms with van der Waals surface area (Å²) in [5.41, 5.74) is 4.75. The van der Waals surface area contributed by atoms with Crippen LogP contribution in [0.3, 0.4) is 0 Å². The molecule has 0 aromatic carbocycles. The SMILES string of the molecule is C.C.C.COCC(COC)(COCOCC(C)N)CO[N+](=O)[O-]. The Hall–Kier alpha value is -1.00. The van der Waals surface area contributed by atoms with E-state index in [1.165, 1.54) is 14.2 Å². The topological polar surface area (TPSA) is 115 Å². The molecule has 2 N–H and O–H groups in total. The zero-order valence-corrected chi connectivity index (χ0v) is 12.2. The fraction of sp³-hybridized carbons (Fsp3) is 1.00. The second-order valence-electron chi connectivity index (χ2n) is 4.68. The van der Waals surface area contributed by atoms with E-state index in [9.17, 15) is 10.1 Å². The van der Waals surface area contributed by atoms with Crippen LogP contribution in [0.5, 0.6) is 0 Å². The van der Waals surface area contributed by atoms with Gasteiger partial charge >= 0.3 is 0 Å². The lowest BCUT2D eigenvalue weighted by Gasteiger charge is -2.30. The van der Waals surface area contributed by atoms with E-state index in [1.54, 1.807) is 0 Å². The summed E-state index contributed by atoms with van der Waals surface area (Å²) in [7, 11) is 2.98. The largest absolute Gasteiger partial charge is 0.384 e. The first-order valence-electron chi connectivity index (χ1n) is 6.12. The van der Waals surface area contributed by atoms with Gasteiger partial charge in [0.05, 0.1) is 31.8 Å². The third kappa shape index (κ3) is 15.7. The first-order chi connectivity index (χ1) is 9.45. The van der Waals surface area contributed by atoms with E-state index < -0.39 is 10.5 Å². The minimum atomic E-state index is -0.854. The van der Waals surface area contributed by atoms with Crippen LogP contribution in [0.15, 0.2) is 0 Å². The van der Waals surface area contributed by atoms with Crippen LogP contribution in [-0.2, 0) is 23.8 Å². The van der Waals surface area contributed by atoms with Crippen molar-refractivity contribution in [3.8, 4) is 0 Å². The van der Waals surface area contributed by atoms with Gasteiger partial charge in [-0.15, -0.1) is 10.1 Å². The third-order valence-corrected chi connectivity index (χ3v) is 2.33. The molecule has 1 unspecified atom stereocenters. The number of methoxy groups -OCH3 is 2. The summed E-state index contributed by atoms with van der Waals surface area (Å²) in [5.74, 6) is 0. The molecule has 1 atom stereocenters. The molecular weight excluding hydrogens is 308 g/mol. The molecule has 0 aromatic rings. The lowest BCUT2D eigenvalue weighted by molar-refractivity contribution is -0.761. The van der Waals surface area contributed by atoms with E-state index in [4.69, 9.17) is 24.7 Å². The third-order valence-electron chi connectivity index (χ3n) is 2.33. The van der Waals surface area contributed by atoms with Crippen LogP contribution in [0.4, 0.5) is 0 Å². The van der Waals surface area contributed by atoms with Crippen LogP contribution in [0.25, 0.3) is 0 Å². The van der Waals surface area contributed by atoms with Crippen LogP contribution >= 0.6 is 0 Å². The second-order valence-corrected chi connectivity index (χ2v) is 4.68. The molecule has 9 nitrogen and oxygen atoms in total. The van der Waals surface area contributed by atoms with E-state index in [-0.39, 0.29) is 61.5 Å². The van der Waals surface area contributed by atoms with Gasteiger partial charge in [0.2, 0.25) is 0 Å². The molecule has 0 radical (unpaired) electrons. The zero-order chi connectivity index (χ0) is 15.4. The average molecular weight is 344 g/mol. The number of hydrogen-bond acceptors (Lipinski definition) is 8. The Morgan fingerprint density at radius 2 is 1.57 bits per heavy atom. The number of hydrogen-bond donors (Lipinski definition) is 1. The highest BCUT2D eigenvalue weighted by Gasteiger charge is 2.33. The van der Waals surface area contributed by atoms with Gasteiger partial charge in [-0.1, -0.05) is 22.3 Å². The minimum absolute atomic E-state index is 0. The van der Waals surface area contributed by atoms with E-state index in [0.29, 0.717) is 6.61 Å². The van der Waals surface area contributed by atoms with Crippen molar-refractivity contribution in [3.63, 3.8) is 0 Å². The quantitative estimate of drug-likeness (QED) is 0.232. The Labute approximate surface area is 140 Å². The summed E-state index contributed by atoms with van der Waals surface area (Å²) in [6.45, 7) is 2.56. The van der Waals surface area contributed by atoms with Gasteiger partial charge in [0.15, 0.2) is 0 Å². The smallest absolute Gasteiger partial charge is 0.294 e. The number of ether oxygens (including phenoxy) is 4. The van der Waals surface area contributed by atoms with Gasteiger partial charge < -0.3 is 29.5 Å². The van der Waals surface area contributed by atoms with E-state index in [2.05, 4.69) is 4.84 Å². The molecule has 0 fully saturated rings. The first kappa shape index (κ1) is 29.9. The minimum Gasteiger partial charge on any atom is -0.384 e. The summed E-state index contributed by atoms with van der Waals surface area (Å²) in [6.07, 6.45) is 0.